The first-order chi connectivity index (χ1) is 9.69. The summed E-state index contributed by atoms with van der Waals surface area (Å²) in [4.78, 5) is 24.6. The third-order valence-electron chi connectivity index (χ3n) is 2.60. The molecule has 20 heavy (non-hydrogen) atoms. The Morgan fingerprint density at radius 3 is 2.95 bits per heavy atom. The highest BCUT2D eigenvalue weighted by Gasteiger charge is 2.15. The molecule has 0 radical (unpaired) electrons. The van der Waals surface area contributed by atoms with Gasteiger partial charge in [-0.25, -0.2) is 15.0 Å². The van der Waals surface area contributed by atoms with Crippen LogP contribution in [0.2, 0.25) is 0 Å². The van der Waals surface area contributed by atoms with Gasteiger partial charge in [0, 0.05) is 23.5 Å². The van der Waals surface area contributed by atoms with Gasteiger partial charge in [0.25, 0.3) is 0 Å². The Morgan fingerprint density at radius 2 is 2.30 bits per heavy atom. The SMILES string of the molecule is CCC(NC(=O)CSc1nccc(C)n1)c1nccs1. The summed E-state index contributed by atoms with van der Waals surface area (Å²) in [5.41, 5.74) is 0.900. The summed E-state index contributed by atoms with van der Waals surface area (Å²) in [6.07, 6.45) is 4.28. The van der Waals surface area contributed by atoms with E-state index in [0.29, 0.717) is 10.9 Å². The normalized spacial score (nSPS) is 12.1. The summed E-state index contributed by atoms with van der Waals surface area (Å²) in [5.74, 6) is 0.285. The molecule has 0 aliphatic rings. The maximum absolute atomic E-state index is 12.0. The largest absolute Gasteiger partial charge is 0.346 e. The van der Waals surface area contributed by atoms with E-state index in [9.17, 15) is 4.79 Å². The smallest absolute Gasteiger partial charge is 0.231 e. The number of aromatic nitrogens is 3. The highest BCUT2D eigenvalue weighted by molar-refractivity contribution is 7.99. The number of hydrogen-bond acceptors (Lipinski definition) is 6. The molecular formula is C13H16N4OS2. The predicted octanol–water partition coefficient (Wildman–Crippen LogP) is 2.60. The van der Waals surface area contributed by atoms with Crippen molar-refractivity contribution in [1.82, 2.24) is 20.3 Å². The Morgan fingerprint density at radius 1 is 1.45 bits per heavy atom. The Kier molecular flexibility index (Phi) is 5.49. The van der Waals surface area contributed by atoms with Crippen LogP contribution in [0.1, 0.15) is 30.1 Å². The quantitative estimate of drug-likeness (QED) is 0.656. The third kappa shape index (κ3) is 4.28. The minimum Gasteiger partial charge on any atom is -0.346 e. The molecule has 2 rings (SSSR count). The van der Waals surface area contributed by atoms with Gasteiger partial charge in [0.2, 0.25) is 5.91 Å². The standard InChI is InChI=1S/C13H16N4OS2/c1-3-10(12-14-6-7-19-12)17-11(18)8-20-13-15-5-4-9(2)16-13/h4-7,10H,3,8H2,1-2H3,(H,17,18). The molecule has 0 aliphatic carbocycles. The predicted molar refractivity (Wildman–Crippen MR) is 80.8 cm³/mol. The fraction of sp³-hybridized carbons (Fsp3) is 0.385. The van der Waals surface area contributed by atoms with Gasteiger partial charge in [-0.2, -0.15) is 0 Å². The van der Waals surface area contributed by atoms with Crippen LogP contribution in [0, 0.1) is 6.92 Å². The summed E-state index contributed by atoms with van der Waals surface area (Å²) < 4.78 is 0. The van der Waals surface area contributed by atoms with E-state index in [-0.39, 0.29) is 11.9 Å². The summed E-state index contributed by atoms with van der Waals surface area (Å²) in [7, 11) is 0. The molecular weight excluding hydrogens is 292 g/mol. The minimum absolute atomic E-state index is 0.0125. The molecule has 0 saturated carbocycles. The van der Waals surface area contributed by atoms with Gasteiger partial charge in [-0.1, -0.05) is 18.7 Å². The number of aryl methyl sites for hydroxylation is 1. The number of amides is 1. The molecule has 2 heterocycles. The van der Waals surface area contributed by atoms with Crippen molar-refractivity contribution in [2.75, 3.05) is 5.75 Å². The van der Waals surface area contributed by atoms with Crippen molar-refractivity contribution < 1.29 is 4.79 Å². The number of carbonyl (C=O) groups excluding carboxylic acids is 1. The number of rotatable bonds is 6. The van der Waals surface area contributed by atoms with Crippen LogP contribution >= 0.6 is 23.1 Å². The number of nitrogens with one attached hydrogen (secondary N) is 1. The van der Waals surface area contributed by atoms with E-state index in [2.05, 4.69) is 20.3 Å². The van der Waals surface area contributed by atoms with E-state index in [4.69, 9.17) is 0 Å². The van der Waals surface area contributed by atoms with Gasteiger partial charge in [-0.05, 0) is 19.4 Å². The summed E-state index contributed by atoms with van der Waals surface area (Å²) in [5, 5.41) is 6.47. The molecule has 0 aliphatic heterocycles. The molecule has 1 atom stereocenters. The van der Waals surface area contributed by atoms with Crippen LogP contribution in [0.25, 0.3) is 0 Å². The molecule has 1 N–H and O–H groups in total. The number of nitrogens with zero attached hydrogens (tertiary/aromatic N) is 3. The van der Waals surface area contributed by atoms with Crippen LogP contribution in [0.15, 0.2) is 29.0 Å². The lowest BCUT2D eigenvalue weighted by Crippen LogP contribution is -2.29. The Labute approximate surface area is 126 Å². The molecule has 0 fully saturated rings. The summed E-state index contributed by atoms with van der Waals surface area (Å²) >= 11 is 2.90. The molecule has 0 spiro atoms. The van der Waals surface area contributed by atoms with Crippen LogP contribution < -0.4 is 5.32 Å². The maximum atomic E-state index is 12.0. The van der Waals surface area contributed by atoms with Crippen LogP contribution in [0.5, 0.6) is 0 Å². The van der Waals surface area contributed by atoms with Crippen LogP contribution in [0.3, 0.4) is 0 Å². The van der Waals surface area contributed by atoms with Gasteiger partial charge in [-0.15, -0.1) is 11.3 Å². The molecule has 0 aromatic carbocycles. The molecule has 1 unspecified atom stereocenters. The van der Waals surface area contributed by atoms with Crippen LogP contribution in [0.4, 0.5) is 0 Å². The zero-order chi connectivity index (χ0) is 14.4. The maximum Gasteiger partial charge on any atom is 0.231 e. The monoisotopic (exact) mass is 308 g/mol. The fourth-order valence-corrected chi connectivity index (χ4v) is 3.07. The highest BCUT2D eigenvalue weighted by atomic mass is 32.2. The lowest BCUT2D eigenvalue weighted by molar-refractivity contribution is -0.119. The van der Waals surface area contributed by atoms with E-state index in [1.807, 2.05) is 25.3 Å². The van der Waals surface area contributed by atoms with Gasteiger partial charge >= 0.3 is 0 Å². The minimum atomic E-state index is -0.0258. The fourth-order valence-electron chi connectivity index (χ4n) is 1.61. The summed E-state index contributed by atoms with van der Waals surface area (Å²) in [6, 6.07) is 1.82. The molecule has 0 bridgehead atoms. The Balaban J connectivity index is 1.86. The van der Waals surface area contributed by atoms with E-state index in [0.717, 1.165) is 17.1 Å². The molecule has 2 aromatic rings. The van der Waals surface area contributed by atoms with Gasteiger partial charge in [0.05, 0.1) is 11.8 Å². The van der Waals surface area contributed by atoms with Crippen molar-refractivity contribution in [3.05, 3.63) is 34.5 Å². The first-order valence-corrected chi connectivity index (χ1v) is 8.16. The highest BCUT2D eigenvalue weighted by Crippen LogP contribution is 2.19. The second kappa shape index (κ2) is 7.35. The van der Waals surface area contributed by atoms with Crippen molar-refractivity contribution in [2.45, 2.75) is 31.5 Å². The molecule has 106 valence electrons. The van der Waals surface area contributed by atoms with Crippen molar-refractivity contribution >= 4 is 29.0 Å². The first-order valence-electron chi connectivity index (χ1n) is 6.30. The lowest BCUT2D eigenvalue weighted by atomic mass is 10.2. The number of carbonyl (C=O) groups is 1. The topological polar surface area (TPSA) is 67.8 Å². The summed E-state index contributed by atoms with van der Waals surface area (Å²) in [6.45, 7) is 3.94. The lowest BCUT2D eigenvalue weighted by Gasteiger charge is -2.13. The van der Waals surface area contributed by atoms with Crippen molar-refractivity contribution in [1.29, 1.82) is 0 Å². The van der Waals surface area contributed by atoms with Gasteiger partial charge in [0.15, 0.2) is 5.16 Å². The first kappa shape index (κ1) is 14.9. The van der Waals surface area contributed by atoms with Crippen LogP contribution in [-0.2, 0) is 4.79 Å². The van der Waals surface area contributed by atoms with E-state index in [1.165, 1.54) is 11.8 Å². The Bertz CT molecular complexity index is 559. The zero-order valence-corrected chi connectivity index (χ0v) is 13.0. The number of thioether (sulfide) groups is 1. The van der Waals surface area contributed by atoms with Crippen molar-refractivity contribution in [2.24, 2.45) is 0 Å². The number of hydrogen-bond donors (Lipinski definition) is 1. The molecule has 0 saturated heterocycles. The van der Waals surface area contributed by atoms with E-state index in [1.54, 1.807) is 23.7 Å². The molecule has 2 aromatic heterocycles. The second-order valence-corrected chi connectivity index (χ2v) is 6.04. The average Bonchev–Trinajstić information content (AvgIpc) is 2.96. The van der Waals surface area contributed by atoms with E-state index >= 15 is 0 Å². The average molecular weight is 308 g/mol. The number of thiazole rings is 1. The molecule has 7 heteroatoms. The van der Waals surface area contributed by atoms with Gasteiger partial charge in [0.1, 0.15) is 5.01 Å². The van der Waals surface area contributed by atoms with Crippen molar-refractivity contribution in [3.63, 3.8) is 0 Å². The zero-order valence-electron chi connectivity index (χ0n) is 11.4. The molecule has 5 nitrogen and oxygen atoms in total. The van der Waals surface area contributed by atoms with Gasteiger partial charge < -0.3 is 5.32 Å². The van der Waals surface area contributed by atoms with Crippen LogP contribution in [-0.4, -0.2) is 26.6 Å². The third-order valence-corrected chi connectivity index (χ3v) is 4.35. The Hall–Kier alpha value is -1.47. The molecule has 1 amide bonds. The van der Waals surface area contributed by atoms with E-state index < -0.39 is 0 Å². The van der Waals surface area contributed by atoms with Crippen molar-refractivity contribution in [3.8, 4) is 0 Å². The second-order valence-electron chi connectivity index (χ2n) is 4.17. The van der Waals surface area contributed by atoms with Gasteiger partial charge in [-0.3, -0.25) is 4.79 Å².